The molecule has 0 aromatic carbocycles. The average molecular weight is 460 g/mol. The number of carbonyl (C=O) groups is 1. The molecular formula is C16H18BrN3O4S2. The minimum Gasteiger partial charge on any atom is -0.360 e. The first-order valence-corrected chi connectivity index (χ1v) is 11.0. The highest BCUT2D eigenvalue weighted by atomic mass is 79.9. The van der Waals surface area contributed by atoms with Crippen molar-refractivity contribution in [2.24, 2.45) is 0 Å². The van der Waals surface area contributed by atoms with Crippen LogP contribution in [0.25, 0.3) is 6.08 Å². The number of piperazine rings is 1. The molecule has 10 heteroatoms. The SMILES string of the molecule is Cc1noc(C)c1S(=O)(=O)N1CCN(C(=O)/C=C/c2ccc(Br)s2)CC1. The Bertz CT molecular complexity index is 921. The minimum atomic E-state index is -3.66. The van der Waals surface area contributed by atoms with Gasteiger partial charge in [0.25, 0.3) is 0 Å². The molecule has 1 aliphatic rings. The van der Waals surface area contributed by atoms with Crippen molar-refractivity contribution in [2.75, 3.05) is 26.2 Å². The van der Waals surface area contributed by atoms with Crippen LogP contribution in [0.15, 0.2) is 31.4 Å². The van der Waals surface area contributed by atoms with E-state index in [4.69, 9.17) is 4.52 Å². The van der Waals surface area contributed by atoms with Gasteiger partial charge in [0, 0.05) is 37.1 Å². The van der Waals surface area contributed by atoms with Gasteiger partial charge in [-0.2, -0.15) is 4.31 Å². The number of carbonyl (C=O) groups excluding carboxylic acids is 1. The van der Waals surface area contributed by atoms with E-state index in [1.807, 2.05) is 12.1 Å². The molecule has 3 heterocycles. The normalized spacial score (nSPS) is 16.5. The average Bonchev–Trinajstić information content (AvgIpc) is 3.18. The summed E-state index contributed by atoms with van der Waals surface area (Å²) in [4.78, 5) is 15.1. The number of hydrogen-bond acceptors (Lipinski definition) is 6. The maximum absolute atomic E-state index is 12.8. The highest BCUT2D eigenvalue weighted by molar-refractivity contribution is 9.11. The molecule has 1 amide bonds. The van der Waals surface area contributed by atoms with Crippen LogP contribution in [0.3, 0.4) is 0 Å². The van der Waals surface area contributed by atoms with Crippen molar-refractivity contribution >= 4 is 49.3 Å². The van der Waals surface area contributed by atoms with Gasteiger partial charge in [-0.15, -0.1) is 11.3 Å². The lowest BCUT2D eigenvalue weighted by Gasteiger charge is -2.33. The molecule has 0 spiro atoms. The summed E-state index contributed by atoms with van der Waals surface area (Å²) in [7, 11) is -3.66. The summed E-state index contributed by atoms with van der Waals surface area (Å²) >= 11 is 4.92. The molecule has 2 aromatic heterocycles. The van der Waals surface area contributed by atoms with Crippen molar-refractivity contribution in [2.45, 2.75) is 18.7 Å². The Labute approximate surface area is 164 Å². The Morgan fingerprint density at radius 1 is 1.27 bits per heavy atom. The molecule has 1 saturated heterocycles. The van der Waals surface area contributed by atoms with Crippen LogP contribution in [-0.2, 0) is 14.8 Å². The van der Waals surface area contributed by atoms with Gasteiger partial charge in [0.15, 0.2) is 5.76 Å². The number of rotatable bonds is 4. The van der Waals surface area contributed by atoms with Crippen LogP contribution < -0.4 is 0 Å². The van der Waals surface area contributed by atoms with Crippen LogP contribution in [0.4, 0.5) is 0 Å². The van der Waals surface area contributed by atoms with E-state index in [-0.39, 0.29) is 29.7 Å². The Kier molecular flexibility index (Phi) is 5.66. The van der Waals surface area contributed by atoms with Crippen LogP contribution >= 0.6 is 27.3 Å². The number of aromatic nitrogens is 1. The summed E-state index contributed by atoms with van der Waals surface area (Å²) in [6, 6.07) is 3.85. The van der Waals surface area contributed by atoms with Crippen LogP contribution in [0.5, 0.6) is 0 Å². The highest BCUT2D eigenvalue weighted by Gasteiger charge is 2.33. The highest BCUT2D eigenvalue weighted by Crippen LogP contribution is 2.25. The molecule has 0 atom stereocenters. The Morgan fingerprint density at radius 2 is 1.96 bits per heavy atom. The van der Waals surface area contributed by atoms with Gasteiger partial charge in [-0.1, -0.05) is 5.16 Å². The van der Waals surface area contributed by atoms with Gasteiger partial charge in [0.05, 0.1) is 3.79 Å². The molecule has 0 saturated carbocycles. The van der Waals surface area contributed by atoms with Gasteiger partial charge in [-0.25, -0.2) is 8.42 Å². The van der Waals surface area contributed by atoms with E-state index in [9.17, 15) is 13.2 Å². The molecule has 26 heavy (non-hydrogen) atoms. The summed E-state index contributed by atoms with van der Waals surface area (Å²) in [5.41, 5.74) is 0.353. The van der Waals surface area contributed by atoms with Crippen molar-refractivity contribution in [1.82, 2.24) is 14.4 Å². The van der Waals surface area contributed by atoms with Gasteiger partial charge >= 0.3 is 0 Å². The Morgan fingerprint density at radius 3 is 2.50 bits per heavy atom. The van der Waals surface area contributed by atoms with Crippen LogP contribution in [-0.4, -0.2) is 54.9 Å². The third-order valence-corrected chi connectivity index (χ3v) is 7.83. The van der Waals surface area contributed by atoms with E-state index in [1.54, 1.807) is 24.8 Å². The fraction of sp³-hybridized carbons (Fsp3) is 0.375. The molecule has 0 aliphatic carbocycles. The van der Waals surface area contributed by atoms with Gasteiger partial charge in [0.2, 0.25) is 15.9 Å². The number of hydrogen-bond donors (Lipinski definition) is 0. The van der Waals surface area contributed by atoms with Gasteiger partial charge in [-0.05, 0) is 48.0 Å². The lowest BCUT2D eigenvalue weighted by molar-refractivity contribution is -0.127. The molecule has 0 unspecified atom stereocenters. The van der Waals surface area contributed by atoms with Gasteiger partial charge < -0.3 is 9.42 Å². The summed E-state index contributed by atoms with van der Waals surface area (Å²) < 4.78 is 32.9. The van der Waals surface area contributed by atoms with E-state index in [0.717, 1.165) is 8.66 Å². The maximum Gasteiger partial charge on any atom is 0.248 e. The third kappa shape index (κ3) is 3.93. The van der Waals surface area contributed by atoms with Crippen LogP contribution in [0.1, 0.15) is 16.3 Å². The number of sulfonamides is 1. The molecule has 0 bridgehead atoms. The lowest BCUT2D eigenvalue weighted by Crippen LogP contribution is -2.50. The maximum atomic E-state index is 12.8. The zero-order valence-electron chi connectivity index (χ0n) is 14.3. The fourth-order valence-corrected chi connectivity index (χ4v) is 5.84. The number of aryl methyl sites for hydroxylation is 2. The topological polar surface area (TPSA) is 83.7 Å². The van der Waals surface area contributed by atoms with Crippen molar-refractivity contribution in [1.29, 1.82) is 0 Å². The number of nitrogens with zero attached hydrogens (tertiary/aromatic N) is 3. The van der Waals surface area contributed by atoms with E-state index < -0.39 is 10.0 Å². The molecule has 2 aromatic rings. The first-order chi connectivity index (χ1) is 12.3. The van der Waals surface area contributed by atoms with Gasteiger partial charge in [0.1, 0.15) is 10.6 Å². The molecule has 0 radical (unpaired) electrons. The molecular weight excluding hydrogens is 442 g/mol. The fourth-order valence-electron chi connectivity index (χ4n) is 2.80. The summed E-state index contributed by atoms with van der Waals surface area (Å²) in [6.07, 6.45) is 3.29. The van der Waals surface area contributed by atoms with E-state index in [0.29, 0.717) is 18.8 Å². The molecule has 140 valence electrons. The number of amides is 1. The Balaban J connectivity index is 1.64. The standard InChI is InChI=1S/C16H18BrN3O4S2/c1-11-16(12(2)24-18-11)26(22,23)20-9-7-19(8-10-20)15(21)6-4-13-3-5-14(17)25-13/h3-6H,7-10H2,1-2H3/b6-4+. The molecule has 0 N–H and O–H groups in total. The summed E-state index contributed by atoms with van der Waals surface area (Å²) in [5.74, 6) is 0.162. The van der Waals surface area contributed by atoms with Crippen LogP contribution in [0, 0.1) is 13.8 Å². The quantitative estimate of drug-likeness (QED) is 0.656. The second-order valence-corrected chi connectivity index (χ2v) is 10.2. The van der Waals surface area contributed by atoms with E-state index in [1.165, 1.54) is 21.7 Å². The van der Waals surface area contributed by atoms with E-state index in [2.05, 4.69) is 21.1 Å². The number of thiophene rings is 1. The first-order valence-electron chi connectivity index (χ1n) is 7.94. The molecule has 7 nitrogen and oxygen atoms in total. The molecule has 3 rings (SSSR count). The third-order valence-electron chi connectivity index (χ3n) is 4.10. The van der Waals surface area contributed by atoms with Crippen molar-refractivity contribution < 1.29 is 17.7 Å². The zero-order valence-corrected chi connectivity index (χ0v) is 17.5. The van der Waals surface area contributed by atoms with E-state index >= 15 is 0 Å². The van der Waals surface area contributed by atoms with Crippen LogP contribution in [0.2, 0.25) is 0 Å². The number of halogens is 1. The van der Waals surface area contributed by atoms with Gasteiger partial charge in [-0.3, -0.25) is 4.79 Å². The van der Waals surface area contributed by atoms with Crippen molar-refractivity contribution in [3.05, 3.63) is 38.3 Å². The predicted octanol–water partition coefficient (Wildman–Crippen LogP) is 2.66. The molecule has 1 fully saturated rings. The second kappa shape index (κ2) is 7.63. The monoisotopic (exact) mass is 459 g/mol. The largest absolute Gasteiger partial charge is 0.360 e. The minimum absolute atomic E-state index is 0.121. The zero-order chi connectivity index (χ0) is 18.9. The molecule has 1 aliphatic heterocycles. The van der Waals surface area contributed by atoms with Crippen molar-refractivity contribution in [3.8, 4) is 0 Å². The lowest BCUT2D eigenvalue weighted by atomic mass is 10.3. The smallest absolute Gasteiger partial charge is 0.248 e. The Hall–Kier alpha value is -1.49. The van der Waals surface area contributed by atoms with Crippen molar-refractivity contribution in [3.63, 3.8) is 0 Å². The first kappa shape index (κ1) is 19.3. The predicted molar refractivity (Wildman–Crippen MR) is 102 cm³/mol. The second-order valence-electron chi connectivity index (χ2n) is 5.86. The summed E-state index contributed by atoms with van der Waals surface area (Å²) in [5, 5.41) is 3.72. The summed E-state index contributed by atoms with van der Waals surface area (Å²) in [6.45, 7) is 4.38.